The third-order valence-corrected chi connectivity index (χ3v) is 6.74. The lowest BCUT2D eigenvalue weighted by Crippen LogP contribution is -2.38. The maximum atomic E-state index is 11.9. The van der Waals surface area contributed by atoms with Gasteiger partial charge < -0.3 is 19.6 Å². The molecule has 0 spiro atoms. The summed E-state index contributed by atoms with van der Waals surface area (Å²) in [6, 6.07) is 15.6. The maximum Gasteiger partial charge on any atom is 0.321 e. The minimum absolute atomic E-state index is 0.238. The molecule has 3 N–H and O–H groups in total. The van der Waals surface area contributed by atoms with E-state index in [2.05, 4.69) is 10.3 Å². The summed E-state index contributed by atoms with van der Waals surface area (Å²) >= 11 is 18.5. The molecule has 4 aromatic rings. The molecule has 0 aliphatic carbocycles. The average Bonchev–Trinajstić information content (AvgIpc) is 3.25. The standard InChI is InChI=1S/C26H23Cl3N2O4/c1-34-24-10-17(20(28)11-25(24)35-14-15-6-7-19(27)21(29)8-15)13-31-23(26(32)33)9-16-12-30-22-5-3-2-4-18(16)22/h2-8,10-12,23,30-31H,9,13-14H2,1H3,(H,32,33). The SMILES string of the molecule is COc1cc(CNC(Cc2c[nH]c3ccccc23)C(=O)O)c(Cl)cc1OCc1ccc(Cl)c(Cl)c1. The number of ether oxygens (including phenoxy) is 2. The van der Waals surface area contributed by atoms with E-state index < -0.39 is 12.0 Å². The number of aliphatic carboxylic acids is 1. The van der Waals surface area contributed by atoms with E-state index >= 15 is 0 Å². The number of carboxylic acids is 1. The first kappa shape index (κ1) is 25.2. The van der Waals surface area contributed by atoms with Gasteiger partial charge in [0.05, 0.1) is 17.2 Å². The fraction of sp³-hybridized carbons (Fsp3) is 0.192. The fourth-order valence-corrected chi connectivity index (χ4v) is 4.32. The Bertz CT molecular complexity index is 1360. The lowest BCUT2D eigenvalue weighted by molar-refractivity contribution is -0.139. The Balaban J connectivity index is 1.45. The van der Waals surface area contributed by atoms with Gasteiger partial charge in [-0.3, -0.25) is 10.1 Å². The zero-order chi connectivity index (χ0) is 24.9. The first-order valence-corrected chi connectivity index (χ1v) is 11.9. The van der Waals surface area contributed by atoms with E-state index in [1.165, 1.54) is 7.11 Å². The molecule has 0 aliphatic heterocycles. The molecule has 4 rings (SSSR count). The summed E-state index contributed by atoms with van der Waals surface area (Å²) in [5.41, 5.74) is 3.42. The minimum atomic E-state index is -0.944. The van der Waals surface area contributed by atoms with Crippen molar-refractivity contribution < 1.29 is 19.4 Å². The third kappa shape index (κ3) is 6.03. The number of carboxylic acid groups (broad SMARTS) is 1. The molecule has 1 unspecified atom stereocenters. The molecule has 182 valence electrons. The topological polar surface area (TPSA) is 83.6 Å². The summed E-state index contributed by atoms with van der Waals surface area (Å²) in [5, 5.41) is 15.2. The lowest BCUT2D eigenvalue weighted by atomic mass is 10.0. The molecule has 0 aliphatic rings. The summed E-state index contributed by atoms with van der Waals surface area (Å²) in [6.45, 7) is 0.481. The van der Waals surface area contributed by atoms with Gasteiger partial charge in [-0.1, -0.05) is 59.1 Å². The quantitative estimate of drug-likeness (QED) is 0.217. The van der Waals surface area contributed by atoms with Crippen molar-refractivity contribution >= 4 is 51.7 Å². The molecule has 1 atom stereocenters. The Morgan fingerprint density at radius 1 is 1.00 bits per heavy atom. The van der Waals surface area contributed by atoms with Crippen molar-refractivity contribution in [2.45, 2.75) is 25.6 Å². The molecule has 0 saturated heterocycles. The van der Waals surface area contributed by atoms with Crippen LogP contribution in [0.5, 0.6) is 11.5 Å². The highest BCUT2D eigenvalue weighted by atomic mass is 35.5. The van der Waals surface area contributed by atoms with Crippen LogP contribution in [0, 0.1) is 0 Å². The molecular formula is C26H23Cl3N2O4. The van der Waals surface area contributed by atoms with Crippen molar-refractivity contribution in [2.75, 3.05) is 7.11 Å². The van der Waals surface area contributed by atoms with Crippen LogP contribution in [0.1, 0.15) is 16.7 Å². The van der Waals surface area contributed by atoms with Crippen molar-refractivity contribution in [3.05, 3.63) is 92.6 Å². The molecule has 1 aromatic heterocycles. The van der Waals surface area contributed by atoms with E-state index in [4.69, 9.17) is 44.3 Å². The summed E-state index contributed by atoms with van der Waals surface area (Å²) in [6.07, 6.45) is 2.16. The minimum Gasteiger partial charge on any atom is -0.493 e. The van der Waals surface area contributed by atoms with Crippen LogP contribution in [0.3, 0.4) is 0 Å². The molecule has 6 nitrogen and oxygen atoms in total. The molecule has 0 radical (unpaired) electrons. The first-order valence-electron chi connectivity index (χ1n) is 10.8. The number of benzene rings is 3. The highest BCUT2D eigenvalue weighted by molar-refractivity contribution is 6.42. The van der Waals surface area contributed by atoms with E-state index in [0.29, 0.717) is 38.6 Å². The molecule has 9 heteroatoms. The highest BCUT2D eigenvalue weighted by Crippen LogP contribution is 2.34. The number of nitrogens with one attached hydrogen (secondary N) is 2. The number of H-pyrrole nitrogens is 1. The predicted octanol–water partition coefficient (Wildman–Crippen LogP) is 6.50. The van der Waals surface area contributed by atoms with Crippen LogP contribution in [0.4, 0.5) is 0 Å². The van der Waals surface area contributed by atoms with Gasteiger partial charge in [0.1, 0.15) is 12.6 Å². The molecule has 35 heavy (non-hydrogen) atoms. The number of halogens is 3. The van der Waals surface area contributed by atoms with Crippen molar-refractivity contribution in [2.24, 2.45) is 0 Å². The normalized spacial score (nSPS) is 12.0. The molecule has 1 heterocycles. The number of rotatable bonds is 10. The number of methoxy groups -OCH3 is 1. The Hall–Kier alpha value is -2.90. The Kier molecular flexibility index (Phi) is 8.08. The van der Waals surface area contributed by atoms with E-state index in [-0.39, 0.29) is 13.2 Å². The van der Waals surface area contributed by atoms with Gasteiger partial charge in [-0.2, -0.15) is 0 Å². The van der Waals surface area contributed by atoms with Crippen LogP contribution in [-0.4, -0.2) is 29.2 Å². The zero-order valence-corrected chi connectivity index (χ0v) is 21.0. The predicted molar refractivity (Wildman–Crippen MR) is 139 cm³/mol. The lowest BCUT2D eigenvalue weighted by Gasteiger charge is -2.17. The summed E-state index contributed by atoms with van der Waals surface area (Å²) < 4.78 is 11.4. The number of aromatic amines is 1. The van der Waals surface area contributed by atoms with Crippen molar-refractivity contribution in [3.8, 4) is 11.5 Å². The van der Waals surface area contributed by atoms with E-state index in [1.807, 2.05) is 36.5 Å². The van der Waals surface area contributed by atoms with Gasteiger partial charge in [-0.25, -0.2) is 0 Å². The van der Waals surface area contributed by atoms with Gasteiger partial charge in [-0.15, -0.1) is 0 Å². The smallest absolute Gasteiger partial charge is 0.321 e. The second kappa shape index (κ2) is 11.2. The van der Waals surface area contributed by atoms with Gasteiger partial charge in [0.2, 0.25) is 0 Å². The Morgan fingerprint density at radius 2 is 1.80 bits per heavy atom. The Labute approximate surface area is 217 Å². The van der Waals surface area contributed by atoms with Crippen LogP contribution >= 0.6 is 34.8 Å². The van der Waals surface area contributed by atoms with Gasteiger partial charge >= 0.3 is 5.97 Å². The van der Waals surface area contributed by atoms with Crippen molar-refractivity contribution in [1.82, 2.24) is 10.3 Å². The molecule has 0 saturated carbocycles. The number of carbonyl (C=O) groups is 1. The summed E-state index contributed by atoms with van der Waals surface area (Å²) in [4.78, 5) is 15.1. The van der Waals surface area contributed by atoms with E-state index in [1.54, 1.807) is 24.3 Å². The van der Waals surface area contributed by atoms with Crippen molar-refractivity contribution in [1.29, 1.82) is 0 Å². The largest absolute Gasteiger partial charge is 0.493 e. The maximum absolute atomic E-state index is 11.9. The summed E-state index contributed by atoms with van der Waals surface area (Å²) in [5.74, 6) is -0.00406. The molecule has 0 fully saturated rings. The second-order valence-corrected chi connectivity index (χ2v) is 9.19. The van der Waals surface area contributed by atoms with Gasteiger partial charge in [0, 0.05) is 41.2 Å². The Morgan fingerprint density at radius 3 is 2.54 bits per heavy atom. The molecule has 0 bridgehead atoms. The molecule has 3 aromatic carbocycles. The summed E-state index contributed by atoms with van der Waals surface area (Å²) in [7, 11) is 1.53. The van der Waals surface area contributed by atoms with Crippen LogP contribution < -0.4 is 14.8 Å². The van der Waals surface area contributed by atoms with E-state index in [9.17, 15) is 9.90 Å². The van der Waals surface area contributed by atoms with Crippen LogP contribution in [-0.2, 0) is 24.4 Å². The van der Waals surface area contributed by atoms with Crippen molar-refractivity contribution in [3.63, 3.8) is 0 Å². The first-order chi connectivity index (χ1) is 16.9. The van der Waals surface area contributed by atoms with Gasteiger partial charge in [-0.05, 0) is 41.0 Å². The number of para-hydroxylation sites is 1. The zero-order valence-electron chi connectivity index (χ0n) is 18.8. The van der Waals surface area contributed by atoms with Crippen LogP contribution in [0.25, 0.3) is 10.9 Å². The highest BCUT2D eigenvalue weighted by Gasteiger charge is 2.20. The van der Waals surface area contributed by atoms with Gasteiger partial charge in [0.25, 0.3) is 0 Å². The van der Waals surface area contributed by atoms with Crippen LogP contribution in [0.2, 0.25) is 15.1 Å². The van der Waals surface area contributed by atoms with Crippen LogP contribution in [0.15, 0.2) is 60.8 Å². The second-order valence-electron chi connectivity index (χ2n) is 7.97. The molecular weight excluding hydrogens is 511 g/mol. The third-order valence-electron chi connectivity index (χ3n) is 5.65. The fourth-order valence-electron chi connectivity index (χ4n) is 3.78. The van der Waals surface area contributed by atoms with Gasteiger partial charge in [0.15, 0.2) is 11.5 Å². The number of fused-ring (bicyclic) bond motifs is 1. The van der Waals surface area contributed by atoms with E-state index in [0.717, 1.165) is 22.0 Å². The number of hydrogen-bond donors (Lipinski definition) is 3. The number of aromatic nitrogens is 1. The number of hydrogen-bond acceptors (Lipinski definition) is 4. The average molecular weight is 534 g/mol. The monoisotopic (exact) mass is 532 g/mol. The molecule has 0 amide bonds.